The smallest absolute Gasteiger partial charge is 0.239 e. The van der Waals surface area contributed by atoms with Crippen molar-refractivity contribution in [3.8, 4) is 0 Å². The van der Waals surface area contributed by atoms with Crippen LogP contribution in [0.15, 0.2) is 17.4 Å². The Bertz CT molecular complexity index is 741. The maximum Gasteiger partial charge on any atom is 0.239 e. The van der Waals surface area contributed by atoms with E-state index in [1.165, 1.54) is 31.9 Å². The highest BCUT2D eigenvalue weighted by molar-refractivity contribution is 5.84. The van der Waals surface area contributed by atoms with Gasteiger partial charge in [0, 0.05) is 30.1 Å². The van der Waals surface area contributed by atoms with Gasteiger partial charge in [-0.25, -0.2) is 10.4 Å². The second-order valence-corrected chi connectivity index (χ2v) is 10.4. The normalized spacial score (nSPS) is 50.9. The molecule has 0 aromatic heterocycles. The minimum Gasteiger partial charge on any atom is -0.403 e. The van der Waals surface area contributed by atoms with E-state index in [4.69, 9.17) is 10.5 Å². The van der Waals surface area contributed by atoms with Gasteiger partial charge in [0.05, 0.1) is 24.3 Å². The van der Waals surface area contributed by atoms with Gasteiger partial charge >= 0.3 is 0 Å². The summed E-state index contributed by atoms with van der Waals surface area (Å²) < 4.78 is 6.26. The molecule has 4 bridgehead atoms. The van der Waals surface area contributed by atoms with Crippen molar-refractivity contribution in [3.05, 3.63) is 12.4 Å². The van der Waals surface area contributed by atoms with E-state index in [2.05, 4.69) is 27.7 Å². The lowest BCUT2D eigenvalue weighted by Crippen LogP contribution is -2.65. The number of ether oxygens (including phenoxy) is 1. The number of nitrogens with zero attached hydrogens (tertiary/aromatic N) is 2. The van der Waals surface area contributed by atoms with Crippen LogP contribution in [0.5, 0.6) is 0 Å². The molecule has 6 aliphatic rings. The molecule has 0 radical (unpaired) electrons. The van der Waals surface area contributed by atoms with Gasteiger partial charge in [-0.2, -0.15) is 0 Å². The van der Waals surface area contributed by atoms with E-state index in [-0.39, 0.29) is 35.7 Å². The second-order valence-electron chi connectivity index (χ2n) is 10.4. The molecule has 4 N–H and O–H groups in total. The molecule has 3 aliphatic heterocycles. The van der Waals surface area contributed by atoms with Crippen LogP contribution in [0.3, 0.4) is 0 Å². The molecule has 3 heterocycles. The third-order valence-corrected chi connectivity index (χ3v) is 8.97. The Kier molecular flexibility index (Phi) is 4.13. The zero-order valence-electron chi connectivity index (χ0n) is 17.2. The summed E-state index contributed by atoms with van der Waals surface area (Å²) in [5.74, 6) is 2.82. The zero-order valence-corrected chi connectivity index (χ0v) is 17.2. The molecule has 0 spiro atoms. The predicted octanol–water partition coefficient (Wildman–Crippen LogP) is 1.31. The van der Waals surface area contributed by atoms with Crippen LogP contribution in [-0.2, 0) is 9.53 Å². The number of nitrogens with two attached hydrogens (primary N) is 1. The van der Waals surface area contributed by atoms with Crippen LogP contribution in [0.25, 0.3) is 0 Å². The lowest BCUT2D eigenvalue weighted by Gasteiger charge is -2.53. The molecule has 0 aromatic rings. The highest BCUT2D eigenvalue weighted by atomic mass is 16.5. The van der Waals surface area contributed by atoms with Gasteiger partial charge in [-0.15, -0.1) is 0 Å². The Morgan fingerprint density at radius 2 is 2.14 bits per heavy atom. The summed E-state index contributed by atoms with van der Waals surface area (Å²) in [5.41, 5.74) is 9.13. The lowest BCUT2D eigenvalue weighted by molar-refractivity contribution is -0.131. The van der Waals surface area contributed by atoms with Gasteiger partial charge in [-0.1, -0.05) is 0 Å². The van der Waals surface area contributed by atoms with Crippen LogP contribution in [-0.4, -0.2) is 53.0 Å². The van der Waals surface area contributed by atoms with E-state index in [0.717, 1.165) is 37.0 Å². The van der Waals surface area contributed by atoms with Gasteiger partial charge in [0.25, 0.3) is 0 Å². The maximum absolute atomic E-state index is 13.6. The highest BCUT2D eigenvalue weighted by Gasteiger charge is 2.66. The molecule has 6 fully saturated rings. The van der Waals surface area contributed by atoms with E-state index in [9.17, 15) is 4.79 Å². The number of hydrogen-bond acceptors (Lipinski definition) is 6. The fourth-order valence-corrected chi connectivity index (χ4v) is 7.87. The van der Waals surface area contributed by atoms with Crippen molar-refractivity contribution in [1.82, 2.24) is 15.8 Å². The molecular weight excluding hydrogens is 366 g/mol. The minimum absolute atomic E-state index is 0.0613. The fraction of sp³-hybridized carbons (Fsp3) is 0.818. The Morgan fingerprint density at radius 1 is 1.31 bits per heavy atom. The monoisotopic (exact) mass is 399 g/mol. The maximum atomic E-state index is 13.6. The molecule has 29 heavy (non-hydrogen) atoms. The van der Waals surface area contributed by atoms with Crippen molar-refractivity contribution >= 4 is 12.1 Å². The lowest BCUT2D eigenvalue weighted by atomic mass is 9.58. The van der Waals surface area contributed by atoms with Crippen molar-refractivity contribution in [2.45, 2.75) is 87.7 Å². The van der Waals surface area contributed by atoms with Gasteiger partial charge in [-0.05, 0) is 69.6 Å². The van der Waals surface area contributed by atoms with Crippen LogP contribution < -0.4 is 16.5 Å². The number of carbonyl (C=O) groups excluding carboxylic acids is 1. The first-order valence-corrected chi connectivity index (χ1v) is 11.5. The molecule has 7 nitrogen and oxygen atoms in total. The Hall–Kier alpha value is -1.44. The molecular formula is C22H33N5O2. The summed E-state index contributed by atoms with van der Waals surface area (Å²) in [4.78, 5) is 17.8. The second kappa shape index (κ2) is 6.53. The number of hydrogen-bond donors (Lipinski definition) is 3. The molecule has 3 saturated heterocycles. The number of hydrazine groups is 1. The van der Waals surface area contributed by atoms with Crippen molar-refractivity contribution in [3.63, 3.8) is 0 Å². The van der Waals surface area contributed by atoms with Crippen LogP contribution in [0.1, 0.15) is 51.9 Å². The van der Waals surface area contributed by atoms with Crippen LogP contribution in [0.2, 0.25) is 0 Å². The third kappa shape index (κ3) is 2.60. The first kappa shape index (κ1) is 18.3. The first-order chi connectivity index (χ1) is 14.1. The van der Waals surface area contributed by atoms with E-state index in [0.29, 0.717) is 12.0 Å². The van der Waals surface area contributed by atoms with Gasteiger partial charge in [-0.3, -0.25) is 9.79 Å². The number of nitrogens with one attached hydrogen (secondary N) is 2. The Morgan fingerprint density at radius 3 is 2.86 bits per heavy atom. The molecule has 6 rings (SSSR count). The van der Waals surface area contributed by atoms with E-state index in [1.807, 2.05) is 6.21 Å². The zero-order chi connectivity index (χ0) is 19.8. The quantitative estimate of drug-likeness (QED) is 0.606. The molecule has 3 aliphatic carbocycles. The SMILES string of the molecule is CC(C=N/C=C\N)N1NC(C(=O)NC23CC4CC2CC3C4)C2CC3CCC(O3)C21. The van der Waals surface area contributed by atoms with Gasteiger partial charge in [0.2, 0.25) is 5.91 Å². The summed E-state index contributed by atoms with van der Waals surface area (Å²) in [6.45, 7) is 2.12. The number of aliphatic imine (C=N–C) groups is 1. The molecule has 3 saturated carbocycles. The van der Waals surface area contributed by atoms with Gasteiger partial charge in [0.1, 0.15) is 6.04 Å². The topological polar surface area (TPSA) is 92.0 Å². The molecule has 158 valence electrons. The van der Waals surface area contributed by atoms with Gasteiger partial charge < -0.3 is 15.8 Å². The molecule has 1 amide bonds. The number of amides is 1. The first-order valence-electron chi connectivity index (χ1n) is 11.5. The number of carbonyl (C=O) groups is 1. The standard InChI is InChI=1S/C22H33N5O2/c1-12(11-24-5-4-23)27-20-17(9-16-2-3-18(20)29-16)19(26-27)21(28)25-22-10-13-6-14(22)8-15(22)7-13/h4-5,11-20,26H,2-3,6-10,23H2,1H3,(H,25,28)/b5-4-,24-11?. The van der Waals surface area contributed by atoms with Crippen LogP contribution in [0, 0.1) is 23.7 Å². The minimum atomic E-state index is -0.165. The molecule has 8 atom stereocenters. The molecule has 7 heteroatoms. The van der Waals surface area contributed by atoms with Gasteiger partial charge in [0.15, 0.2) is 0 Å². The Balaban J connectivity index is 1.23. The van der Waals surface area contributed by atoms with Crippen molar-refractivity contribution in [1.29, 1.82) is 0 Å². The predicted molar refractivity (Wildman–Crippen MR) is 110 cm³/mol. The summed E-state index contributed by atoms with van der Waals surface area (Å²) in [6.07, 6.45) is 13.8. The average molecular weight is 400 g/mol. The molecule has 0 aromatic carbocycles. The third-order valence-electron chi connectivity index (χ3n) is 8.97. The Labute approximate surface area is 172 Å². The van der Waals surface area contributed by atoms with E-state index >= 15 is 0 Å². The number of fused-ring (bicyclic) bond motifs is 5. The van der Waals surface area contributed by atoms with Crippen molar-refractivity contribution in [2.75, 3.05) is 0 Å². The van der Waals surface area contributed by atoms with E-state index in [1.54, 1.807) is 6.20 Å². The summed E-state index contributed by atoms with van der Waals surface area (Å²) >= 11 is 0. The summed E-state index contributed by atoms with van der Waals surface area (Å²) in [7, 11) is 0. The summed E-state index contributed by atoms with van der Waals surface area (Å²) in [6, 6.07) is 0.118. The largest absolute Gasteiger partial charge is 0.403 e. The molecule has 8 unspecified atom stereocenters. The average Bonchev–Trinajstić information content (AvgIpc) is 3.42. The summed E-state index contributed by atoms with van der Waals surface area (Å²) in [5, 5.41) is 5.83. The van der Waals surface area contributed by atoms with Crippen LogP contribution in [0.4, 0.5) is 0 Å². The van der Waals surface area contributed by atoms with E-state index < -0.39 is 0 Å². The fourth-order valence-electron chi connectivity index (χ4n) is 7.87. The number of rotatable bonds is 5. The van der Waals surface area contributed by atoms with Crippen molar-refractivity contribution < 1.29 is 9.53 Å². The van der Waals surface area contributed by atoms with Crippen LogP contribution >= 0.6 is 0 Å². The highest BCUT2D eigenvalue weighted by Crippen LogP contribution is 2.66. The van der Waals surface area contributed by atoms with Crippen molar-refractivity contribution in [2.24, 2.45) is 34.4 Å².